The number of rotatable bonds is 6. The number of likely N-dealkylation sites (tertiary alicyclic amines) is 1. The number of carbonyl (C=O) groups is 3. The summed E-state index contributed by atoms with van der Waals surface area (Å²) in [5.41, 5.74) is 0.417. The van der Waals surface area contributed by atoms with Crippen molar-refractivity contribution in [2.75, 3.05) is 13.1 Å². The van der Waals surface area contributed by atoms with Gasteiger partial charge in [-0.25, -0.2) is 8.78 Å². The summed E-state index contributed by atoms with van der Waals surface area (Å²) >= 11 is 0. The highest BCUT2D eigenvalue weighted by molar-refractivity contribution is 5.87. The monoisotopic (exact) mass is 435 g/mol. The van der Waals surface area contributed by atoms with Crippen molar-refractivity contribution in [1.82, 2.24) is 15.5 Å². The van der Waals surface area contributed by atoms with E-state index in [1.54, 1.807) is 0 Å². The average molecular weight is 436 g/mol. The predicted molar refractivity (Wildman–Crippen MR) is 112 cm³/mol. The Kier molecular flexibility index (Phi) is 7.98. The Labute approximate surface area is 181 Å². The molecular weight excluding hydrogens is 404 g/mol. The molecule has 1 atom stereocenters. The van der Waals surface area contributed by atoms with Crippen molar-refractivity contribution < 1.29 is 23.2 Å². The lowest BCUT2D eigenvalue weighted by Gasteiger charge is -2.36. The zero-order chi connectivity index (χ0) is 22.4. The van der Waals surface area contributed by atoms with Crippen LogP contribution in [-0.4, -0.2) is 47.8 Å². The third kappa shape index (κ3) is 6.48. The van der Waals surface area contributed by atoms with Crippen molar-refractivity contribution in [3.8, 4) is 0 Å². The maximum atomic E-state index is 13.5. The van der Waals surface area contributed by atoms with E-state index in [9.17, 15) is 23.2 Å². The molecule has 1 aromatic rings. The Hall–Kier alpha value is -2.51. The highest BCUT2D eigenvalue weighted by Gasteiger charge is 2.30. The van der Waals surface area contributed by atoms with E-state index in [-0.39, 0.29) is 36.1 Å². The summed E-state index contributed by atoms with van der Waals surface area (Å²) in [5, 5.41) is 5.54. The van der Waals surface area contributed by atoms with Gasteiger partial charge in [0.1, 0.15) is 6.04 Å². The van der Waals surface area contributed by atoms with Crippen LogP contribution in [0.1, 0.15) is 57.4 Å². The van der Waals surface area contributed by atoms with E-state index < -0.39 is 17.7 Å². The van der Waals surface area contributed by atoms with Gasteiger partial charge in [-0.05, 0) is 43.4 Å². The summed E-state index contributed by atoms with van der Waals surface area (Å²) in [5.74, 6) is -2.32. The fourth-order valence-electron chi connectivity index (χ4n) is 4.51. The third-order valence-corrected chi connectivity index (χ3v) is 6.23. The highest BCUT2D eigenvalue weighted by Crippen LogP contribution is 2.26. The molecule has 1 aromatic carbocycles. The van der Waals surface area contributed by atoms with E-state index in [4.69, 9.17) is 0 Å². The van der Waals surface area contributed by atoms with Gasteiger partial charge in [0.2, 0.25) is 17.7 Å². The molecule has 170 valence electrons. The summed E-state index contributed by atoms with van der Waals surface area (Å²) < 4.78 is 26.7. The minimum Gasteiger partial charge on any atom is -0.351 e. The van der Waals surface area contributed by atoms with Crippen LogP contribution in [0.15, 0.2) is 18.2 Å². The van der Waals surface area contributed by atoms with Crippen molar-refractivity contribution in [3.05, 3.63) is 35.4 Å². The minimum absolute atomic E-state index is 0.0572. The molecule has 3 amide bonds. The molecular formula is C23H31F2N3O3. The quantitative estimate of drug-likeness (QED) is 0.721. The smallest absolute Gasteiger partial charge is 0.243 e. The van der Waals surface area contributed by atoms with Crippen LogP contribution in [0.25, 0.3) is 0 Å². The van der Waals surface area contributed by atoms with Crippen molar-refractivity contribution in [1.29, 1.82) is 0 Å². The lowest BCUT2D eigenvalue weighted by Crippen LogP contribution is -2.53. The van der Waals surface area contributed by atoms with Gasteiger partial charge in [-0.15, -0.1) is 0 Å². The van der Waals surface area contributed by atoms with Crippen molar-refractivity contribution in [2.45, 2.75) is 70.4 Å². The molecule has 0 spiro atoms. The number of benzene rings is 1. The topological polar surface area (TPSA) is 78.5 Å². The molecule has 1 aliphatic heterocycles. The molecule has 1 saturated carbocycles. The Morgan fingerprint density at radius 3 is 2.32 bits per heavy atom. The van der Waals surface area contributed by atoms with Gasteiger partial charge >= 0.3 is 0 Å². The standard InChI is InChI=1S/C23H31F2N3O3/c1-15(29)26-21(14-16-7-8-19(24)20(25)13-16)22(30)27-18-9-11-28(12-10-18)23(31)17-5-3-2-4-6-17/h7-8,13,17-18,21H,2-6,9-12,14H2,1H3,(H,26,29)(H,27,30). The lowest BCUT2D eigenvalue weighted by atomic mass is 9.87. The second-order valence-electron chi connectivity index (χ2n) is 8.65. The Bertz CT molecular complexity index is 803. The lowest BCUT2D eigenvalue weighted by molar-refractivity contribution is -0.138. The maximum Gasteiger partial charge on any atom is 0.243 e. The normalized spacial score (nSPS) is 19.0. The largest absolute Gasteiger partial charge is 0.351 e. The van der Waals surface area contributed by atoms with E-state index in [2.05, 4.69) is 10.6 Å². The van der Waals surface area contributed by atoms with E-state index in [0.717, 1.165) is 37.8 Å². The van der Waals surface area contributed by atoms with Gasteiger partial charge < -0.3 is 15.5 Å². The second-order valence-corrected chi connectivity index (χ2v) is 8.65. The number of halogens is 2. The molecule has 8 heteroatoms. The van der Waals surface area contributed by atoms with Crippen molar-refractivity contribution >= 4 is 17.7 Å². The van der Waals surface area contributed by atoms with Crippen LogP contribution in [0.5, 0.6) is 0 Å². The number of hydrogen-bond acceptors (Lipinski definition) is 3. The van der Waals surface area contributed by atoms with E-state index in [1.807, 2.05) is 4.90 Å². The first-order chi connectivity index (χ1) is 14.8. The van der Waals surface area contributed by atoms with E-state index >= 15 is 0 Å². The number of piperidine rings is 1. The van der Waals surface area contributed by atoms with Crippen LogP contribution >= 0.6 is 0 Å². The summed E-state index contributed by atoms with van der Waals surface area (Å²) in [7, 11) is 0. The fourth-order valence-corrected chi connectivity index (χ4v) is 4.51. The van der Waals surface area contributed by atoms with Gasteiger partial charge in [0.15, 0.2) is 11.6 Å². The van der Waals surface area contributed by atoms with Crippen LogP contribution < -0.4 is 10.6 Å². The van der Waals surface area contributed by atoms with Gasteiger partial charge in [0, 0.05) is 38.4 Å². The fraction of sp³-hybridized carbons (Fsp3) is 0.609. The van der Waals surface area contributed by atoms with Gasteiger partial charge in [-0.1, -0.05) is 25.3 Å². The first-order valence-electron chi connectivity index (χ1n) is 11.1. The molecule has 1 aliphatic carbocycles. The molecule has 31 heavy (non-hydrogen) atoms. The van der Waals surface area contributed by atoms with E-state index in [0.29, 0.717) is 31.5 Å². The summed E-state index contributed by atoms with van der Waals surface area (Å²) in [6.07, 6.45) is 6.75. The molecule has 2 fully saturated rings. The summed E-state index contributed by atoms with van der Waals surface area (Å²) in [6, 6.07) is 2.46. The van der Waals surface area contributed by atoms with Gasteiger partial charge in [0.25, 0.3) is 0 Å². The highest BCUT2D eigenvalue weighted by atomic mass is 19.2. The predicted octanol–water partition coefficient (Wildman–Crippen LogP) is 2.70. The molecule has 1 saturated heterocycles. The number of hydrogen-bond donors (Lipinski definition) is 2. The molecule has 0 aromatic heterocycles. The molecule has 1 unspecified atom stereocenters. The average Bonchev–Trinajstić information content (AvgIpc) is 2.76. The number of nitrogens with one attached hydrogen (secondary N) is 2. The number of amides is 3. The molecule has 2 aliphatic rings. The van der Waals surface area contributed by atoms with Crippen LogP contribution in [0, 0.1) is 17.6 Å². The third-order valence-electron chi connectivity index (χ3n) is 6.23. The Morgan fingerprint density at radius 2 is 1.71 bits per heavy atom. The zero-order valence-corrected chi connectivity index (χ0v) is 18.0. The Balaban J connectivity index is 1.53. The van der Waals surface area contributed by atoms with Crippen molar-refractivity contribution in [2.24, 2.45) is 5.92 Å². The summed E-state index contributed by atoms with van der Waals surface area (Å²) in [4.78, 5) is 39.0. The second kappa shape index (κ2) is 10.7. The van der Waals surface area contributed by atoms with Crippen LogP contribution in [0.4, 0.5) is 8.78 Å². The SMILES string of the molecule is CC(=O)NC(Cc1ccc(F)c(F)c1)C(=O)NC1CCN(C(=O)C2CCCCC2)CC1. The molecule has 0 radical (unpaired) electrons. The molecule has 1 heterocycles. The van der Waals surface area contributed by atoms with Crippen LogP contribution in [0.3, 0.4) is 0 Å². The van der Waals surface area contributed by atoms with Crippen LogP contribution in [-0.2, 0) is 20.8 Å². The van der Waals surface area contributed by atoms with E-state index in [1.165, 1.54) is 19.4 Å². The van der Waals surface area contributed by atoms with Gasteiger partial charge in [-0.3, -0.25) is 14.4 Å². The molecule has 2 N–H and O–H groups in total. The minimum atomic E-state index is -0.991. The zero-order valence-electron chi connectivity index (χ0n) is 18.0. The van der Waals surface area contributed by atoms with Crippen LogP contribution in [0.2, 0.25) is 0 Å². The van der Waals surface area contributed by atoms with Crippen molar-refractivity contribution in [3.63, 3.8) is 0 Å². The number of carbonyl (C=O) groups excluding carboxylic acids is 3. The summed E-state index contributed by atoms with van der Waals surface area (Å²) in [6.45, 7) is 2.52. The number of nitrogens with zero attached hydrogens (tertiary/aromatic N) is 1. The molecule has 3 rings (SSSR count). The first-order valence-corrected chi connectivity index (χ1v) is 11.1. The van der Waals surface area contributed by atoms with Gasteiger partial charge in [0.05, 0.1) is 0 Å². The molecule has 6 nitrogen and oxygen atoms in total. The first kappa shape index (κ1) is 23.2. The Morgan fingerprint density at radius 1 is 1.03 bits per heavy atom. The maximum absolute atomic E-state index is 13.5. The molecule has 0 bridgehead atoms. The van der Waals surface area contributed by atoms with Gasteiger partial charge in [-0.2, -0.15) is 0 Å².